The molecule has 6 heteroatoms. The Morgan fingerprint density at radius 3 is 2.94 bits per heavy atom. The zero-order chi connectivity index (χ0) is 12.3. The first-order valence-corrected chi connectivity index (χ1v) is 5.08. The lowest BCUT2D eigenvalue weighted by Crippen LogP contribution is -1.91. The molecule has 17 heavy (non-hydrogen) atoms. The van der Waals surface area contributed by atoms with Gasteiger partial charge in [0.15, 0.2) is 0 Å². The Morgan fingerprint density at radius 2 is 2.24 bits per heavy atom. The summed E-state index contributed by atoms with van der Waals surface area (Å²) in [7, 11) is 0. The maximum Gasteiger partial charge on any atom is 0.213 e. The van der Waals surface area contributed by atoms with Crippen LogP contribution in [0.3, 0.4) is 0 Å². The van der Waals surface area contributed by atoms with Gasteiger partial charge in [-0.3, -0.25) is 4.99 Å². The van der Waals surface area contributed by atoms with Gasteiger partial charge in [-0.05, 0) is 11.6 Å². The van der Waals surface area contributed by atoms with Crippen molar-refractivity contribution in [1.82, 2.24) is 9.97 Å². The number of aromatic amines is 1. The van der Waals surface area contributed by atoms with Gasteiger partial charge in [-0.15, -0.1) is 0 Å². The van der Waals surface area contributed by atoms with E-state index in [1.165, 1.54) is 0 Å². The maximum absolute atomic E-state index is 8.54. The van der Waals surface area contributed by atoms with E-state index in [2.05, 4.69) is 15.0 Å². The molecule has 0 spiro atoms. The van der Waals surface area contributed by atoms with Crippen LogP contribution >= 0.6 is 11.6 Å². The van der Waals surface area contributed by atoms with Gasteiger partial charge in [-0.2, -0.15) is 10.5 Å². The third kappa shape index (κ3) is 2.25. The zero-order valence-corrected chi connectivity index (χ0v) is 9.36. The van der Waals surface area contributed by atoms with Gasteiger partial charge in [-0.25, -0.2) is 4.98 Å². The number of nitriles is 2. The first-order chi connectivity index (χ1) is 8.24. The van der Waals surface area contributed by atoms with E-state index >= 15 is 0 Å². The lowest BCUT2D eigenvalue weighted by molar-refractivity contribution is 1.06. The van der Waals surface area contributed by atoms with Gasteiger partial charge >= 0.3 is 0 Å². The van der Waals surface area contributed by atoms with Crippen LogP contribution in [-0.4, -0.2) is 15.7 Å². The Balaban J connectivity index is 2.32. The largest absolute Gasteiger partial charge is 0.345 e. The van der Waals surface area contributed by atoms with Crippen molar-refractivity contribution in [2.75, 3.05) is 0 Å². The molecule has 2 aromatic rings. The molecule has 1 N–H and O–H groups in total. The quantitative estimate of drug-likeness (QED) is 0.820. The Morgan fingerprint density at radius 1 is 1.47 bits per heavy atom. The minimum Gasteiger partial charge on any atom is -0.345 e. The standard InChI is InChI=1S/C11H6ClN5/c12-10-6-17-11-9(10)1-7(5-16-11)4-15-8(2-13)3-14/h1,5-6H,4H2,(H,16,17). The van der Waals surface area contributed by atoms with Crippen LogP contribution in [0.1, 0.15) is 5.56 Å². The molecule has 2 rings (SSSR count). The number of pyridine rings is 1. The van der Waals surface area contributed by atoms with Crippen molar-refractivity contribution in [3.8, 4) is 12.1 Å². The molecule has 0 saturated heterocycles. The van der Waals surface area contributed by atoms with Crippen molar-refractivity contribution >= 4 is 28.3 Å². The second kappa shape index (κ2) is 4.65. The first kappa shape index (κ1) is 11.1. The molecule has 0 unspecified atom stereocenters. The zero-order valence-electron chi connectivity index (χ0n) is 8.61. The third-order valence-corrected chi connectivity index (χ3v) is 2.48. The molecule has 0 saturated carbocycles. The molecule has 0 bridgehead atoms. The fourth-order valence-electron chi connectivity index (χ4n) is 1.37. The van der Waals surface area contributed by atoms with Crippen LogP contribution in [0.15, 0.2) is 23.5 Å². The summed E-state index contributed by atoms with van der Waals surface area (Å²) >= 11 is 5.95. The lowest BCUT2D eigenvalue weighted by atomic mass is 10.2. The van der Waals surface area contributed by atoms with E-state index in [0.29, 0.717) is 10.7 Å². The molecule has 0 aromatic carbocycles. The fraction of sp³-hybridized carbons (Fsp3) is 0.0909. The van der Waals surface area contributed by atoms with E-state index in [4.69, 9.17) is 22.1 Å². The molecule has 0 radical (unpaired) electrons. The highest BCUT2D eigenvalue weighted by molar-refractivity contribution is 6.35. The SMILES string of the molecule is N#CC(C#N)=NCc1cnc2[nH]cc(Cl)c2c1. The second-order valence-corrected chi connectivity index (χ2v) is 3.67. The maximum atomic E-state index is 8.54. The van der Waals surface area contributed by atoms with Crippen molar-refractivity contribution in [3.05, 3.63) is 29.0 Å². The molecule has 2 heterocycles. The molecule has 0 atom stereocenters. The van der Waals surface area contributed by atoms with Gasteiger partial charge in [0.1, 0.15) is 17.8 Å². The minimum absolute atomic E-state index is 0.148. The highest BCUT2D eigenvalue weighted by atomic mass is 35.5. The average Bonchev–Trinajstić information content (AvgIpc) is 2.72. The molecule has 5 nitrogen and oxygen atoms in total. The molecule has 82 valence electrons. The van der Waals surface area contributed by atoms with Crippen LogP contribution in [0.5, 0.6) is 0 Å². The number of H-pyrrole nitrogens is 1. The number of fused-ring (bicyclic) bond motifs is 1. The molecule has 0 aliphatic rings. The monoisotopic (exact) mass is 243 g/mol. The van der Waals surface area contributed by atoms with Crippen LogP contribution in [0.25, 0.3) is 11.0 Å². The lowest BCUT2D eigenvalue weighted by Gasteiger charge is -1.96. The number of nitrogens with zero attached hydrogens (tertiary/aromatic N) is 4. The van der Waals surface area contributed by atoms with Crippen molar-refractivity contribution in [1.29, 1.82) is 10.5 Å². The van der Waals surface area contributed by atoms with Gasteiger partial charge in [0, 0.05) is 17.8 Å². The normalized spacial score (nSPS) is 9.59. The molecular formula is C11H6ClN5. The van der Waals surface area contributed by atoms with Crippen molar-refractivity contribution in [2.45, 2.75) is 6.54 Å². The van der Waals surface area contributed by atoms with Crippen molar-refractivity contribution < 1.29 is 0 Å². The number of hydrogen-bond donors (Lipinski definition) is 1. The molecule has 0 aliphatic heterocycles. The summed E-state index contributed by atoms with van der Waals surface area (Å²) in [6.45, 7) is 0.237. The Labute approximate surface area is 102 Å². The van der Waals surface area contributed by atoms with Gasteiger partial charge < -0.3 is 4.98 Å². The fourth-order valence-corrected chi connectivity index (χ4v) is 1.57. The Hall–Kier alpha value is -2.37. The smallest absolute Gasteiger partial charge is 0.213 e. The van der Waals surface area contributed by atoms with E-state index < -0.39 is 0 Å². The molecular weight excluding hydrogens is 238 g/mol. The summed E-state index contributed by atoms with van der Waals surface area (Å²) in [4.78, 5) is 10.9. The van der Waals surface area contributed by atoms with E-state index in [1.54, 1.807) is 24.5 Å². The summed E-state index contributed by atoms with van der Waals surface area (Å²) in [5, 5.41) is 18.5. The number of nitrogens with one attached hydrogen (secondary N) is 1. The van der Waals surface area contributed by atoms with E-state index in [1.807, 2.05) is 6.07 Å². The van der Waals surface area contributed by atoms with Crippen LogP contribution in [0.2, 0.25) is 5.02 Å². The number of aromatic nitrogens is 2. The first-order valence-electron chi connectivity index (χ1n) is 4.70. The Kier molecular flexibility index (Phi) is 3.04. The highest BCUT2D eigenvalue weighted by Crippen LogP contribution is 2.22. The van der Waals surface area contributed by atoms with Gasteiger partial charge in [0.2, 0.25) is 5.71 Å². The summed E-state index contributed by atoms with van der Waals surface area (Å²) in [6.07, 6.45) is 3.29. The number of halogens is 1. The van der Waals surface area contributed by atoms with Gasteiger partial charge in [0.25, 0.3) is 0 Å². The molecule has 0 fully saturated rings. The highest BCUT2D eigenvalue weighted by Gasteiger charge is 2.03. The van der Waals surface area contributed by atoms with E-state index in [0.717, 1.165) is 10.9 Å². The molecule has 2 aromatic heterocycles. The minimum atomic E-state index is -0.148. The predicted molar refractivity (Wildman–Crippen MR) is 63.5 cm³/mol. The van der Waals surface area contributed by atoms with Crippen LogP contribution in [0, 0.1) is 22.7 Å². The number of rotatable bonds is 2. The van der Waals surface area contributed by atoms with Crippen LogP contribution in [-0.2, 0) is 6.54 Å². The van der Waals surface area contributed by atoms with Gasteiger partial charge in [0.05, 0.1) is 11.6 Å². The average molecular weight is 244 g/mol. The summed E-state index contributed by atoms with van der Waals surface area (Å²) in [5.41, 5.74) is 1.34. The van der Waals surface area contributed by atoms with Crippen LogP contribution in [0.4, 0.5) is 0 Å². The molecule has 0 aliphatic carbocycles. The molecule has 0 amide bonds. The number of aliphatic imine (C=N–C) groups is 1. The third-order valence-electron chi connectivity index (χ3n) is 2.17. The predicted octanol–water partition coefficient (Wildman–Crippen LogP) is 2.20. The van der Waals surface area contributed by atoms with Gasteiger partial charge in [-0.1, -0.05) is 11.6 Å². The Bertz CT molecular complexity index is 655. The van der Waals surface area contributed by atoms with Crippen LogP contribution < -0.4 is 0 Å². The van der Waals surface area contributed by atoms with Crippen molar-refractivity contribution in [3.63, 3.8) is 0 Å². The van der Waals surface area contributed by atoms with E-state index in [9.17, 15) is 0 Å². The summed E-state index contributed by atoms with van der Waals surface area (Å²) < 4.78 is 0. The summed E-state index contributed by atoms with van der Waals surface area (Å²) in [5.74, 6) is 0. The number of hydrogen-bond acceptors (Lipinski definition) is 4. The van der Waals surface area contributed by atoms with E-state index in [-0.39, 0.29) is 12.3 Å². The van der Waals surface area contributed by atoms with Crippen molar-refractivity contribution in [2.24, 2.45) is 4.99 Å². The second-order valence-electron chi connectivity index (χ2n) is 3.26. The summed E-state index contributed by atoms with van der Waals surface area (Å²) in [6, 6.07) is 5.23. The topological polar surface area (TPSA) is 88.6 Å².